The summed E-state index contributed by atoms with van der Waals surface area (Å²) >= 11 is 1.74. The van der Waals surface area contributed by atoms with Crippen LogP contribution in [0, 0.1) is 5.92 Å². The molecule has 4 nitrogen and oxygen atoms in total. The Balaban J connectivity index is 1.26. The van der Waals surface area contributed by atoms with Crippen molar-refractivity contribution in [1.29, 1.82) is 0 Å². The Bertz CT molecular complexity index is 814. The molecule has 0 saturated carbocycles. The SMILES string of the molecule is COc1cc(CCC2CCN(C(=O)C3Cc4ccccc4S3)CC2)cc(OC)c1. The van der Waals surface area contributed by atoms with E-state index in [0.717, 1.165) is 56.7 Å². The van der Waals surface area contributed by atoms with Gasteiger partial charge < -0.3 is 14.4 Å². The molecule has 2 aliphatic rings. The monoisotopic (exact) mass is 411 g/mol. The van der Waals surface area contributed by atoms with E-state index in [1.165, 1.54) is 16.0 Å². The second-order valence-electron chi connectivity index (χ2n) is 7.95. The van der Waals surface area contributed by atoms with Crippen LogP contribution in [0.2, 0.25) is 0 Å². The van der Waals surface area contributed by atoms with E-state index in [1.54, 1.807) is 26.0 Å². The van der Waals surface area contributed by atoms with Crippen LogP contribution in [0.3, 0.4) is 0 Å². The zero-order chi connectivity index (χ0) is 20.2. The highest BCUT2D eigenvalue weighted by Crippen LogP contribution is 2.38. The van der Waals surface area contributed by atoms with Crippen LogP contribution in [-0.2, 0) is 17.6 Å². The Hall–Kier alpha value is -2.14. The minimum absolute atomic E-state index is 0.0631. The first-order valence-corrected chi connectivity index (χ1v) is 11.3. The van der Waals surface area contributed by atoms with Crippen molar-refractivity contribution < 1.29 is 14.3 Å². The van der Waals surface area contributed by atoms with Gasteiger partial charge in [-0.15, -0.1) is 11.8 Å². The van der Waals surface area contributed by atoms with Crippen molar-refractivity contribution in [2.45, 2.75) is 42.2 Å². The molecule has 5 heteroatoms. The second kappa shape index (κ2) is 9.12. The molecule has 0 aromatic heterocycles. The summed E-state index contributed by atoms with van der Waals surface area (Å²) in [5.41, 5.74) is 2.57. The topological polar surface area (TPSA) is 38.8 Å². The minimum atomic E-state index is 0.0631. The van der Waals surface area contributed by atoms with Gasteiger partial charge in [0.1, 0.15) is 11.5 Å². The summed E-state index contributed by atoms with van der Waals surface area (Å²) < 4.78 is 10.8. The summed E-state index contributed by atoms with van der Waals surface area (Å²) in [4.78, 5) is 16.3. The number of amides is 1. The molecule has 2 aromatic carbocycles. The molecule has 1 saturated heterocycles. The number of fused-ring (bicyclic) bond motifs is 1. The second-order valence-corrected chi connectivity index (χ2v) is 9.19. The Labute approximate surface area is 177 Å². The van der Waals surface area contributed by atoms with Crippen LogP contribution in [0.15, 0.2) is 47.4 Å². The molecule has 1 fully saturated rings. The summed E-state index contributed by atoms with van der Waals surface area (Å²) in [5, 5.41) is 0.0631. The molecule has 2 aliphatic heterocycles. The number of nitrogens with zero attached hydrogens (tertiary/aromatic N) is 1. The van der Waals surface area contributed by atoms with Crippen LogP contribution in [-0.4, -0.2) is 43.4 Å². The third-order valence-electron chi connectivity index (χ3n) is 6.10. The molecule has 0 spiro atoms. The highest BCUT2D eigenvalue weighted by atomic mass is 32.2. The van der Waals surface area contributed by atoms with E-state index in [1.807, 2.05) is 6.07 Å². The number of thioether (sulfide) groups is 1. The molecule has 29 heavy (non-hydrogen) atoms. The first kappa shape index (κ1) is 20.1. The van der Waals surface area contributed by atoms with Gasteiger partial charge in [0.15, 0.2) is 0 Å². The summed E-state index contributed by atoms with van der Waals surface area (Å²) in [6.45, 7) is 1.77. The van der Waals surface area contributed by atoms with E-state index < -0.39 is 0 Å². The van der Waals surface area contributed by atoms with Gasteiger partial charge in [-0.3, -0.25) is 4.79 Å². The number of methoxy groups -OCH3 is 2. The van der Waals surface area contributed by atoms with Gasteiger partial charge in [0, 0.05) is 24.1 Å². The predicted molar refractivity (Wildman–Crippen MR) is 117 cm³/mol. The van der Waals surface area contributed by atoms with Gasteiger partial charge in [0.05, 0.1) is 19.5 Å². The Morgan fingerprint density at radius 3 is 2.41 bits per heavy atom. The van der Waals surface area contributed by atoms with Gasteiger partial charge in [-0.25, -0.2) is 0 Å². The smallest absolute Gasteiger partial charge is 0.236 e. The lowest BCUT2D eigenvalue weighted by Gasteiger charge is -2.33. The highest BCUT2D eigenvalue weighted by Gasteiger charge is 2.33. The van der Waals surface area contributed by atoms with E-state index in [9.17, 15) is 4.79 Å². The van der Waals surface area contributed by atoms with Crippen LogP contribution < -0.4 is 9.47 Å². The maximum atomic E-state index is 13.0. The van der Waals surface area contributed by atoms with Gasteiger partial charge in [0.25, 0.3) is 0 Å². The average Bonchev–Trinajstić information content (AvgIpc) is 3.21. The molecule has 2 heterocycles. The van der Waals surface area contributed by atoms with Crippen molar-refractivity contribution in [3.05, 3.63) is 53.6 Å². The Morgan fingerprint density at radius 2 is 1.76 bits per heavy atom. The van der Waals surface area contributed by atoms with Crippen molar-refractivity contribution in [2.75, 3.05) is 27.3 Å². The van der Waals surface area contributed by atoms with Crippen LogP contribution in [0.4, 0.5) is 0 Å². The van der Waals surface area contributed by atoms with Crippen LogP contribution >= 0.6 is 11.8 Å². The number of benzene rings is 2. The van der Waals surface area contributed by atoms with Crippen molar-refractivity contribution >= 4 is 17.7 Å². The third kappa shape index (κ3) is 4.72. The number of hydrogen-bond donors (Lipinski definition) is 0. The molecule has 0 radical (unpaired) electrons. The Morgan fingerprint density at radius 1 is 1.07 bits per heavy atom. The number of likely N-dealkylation sites (tertiary alicyclic amines) is 1. The fourth-order valence-electron chi connectivity index (χ4n) is 4.35. The zero-order valence-electron chi connectivity index (χ0n) is 17.2. The quantitative estimate of drug-likeness (QED) is 0.697. The van der Waals surface area contributed by atoms with Gasteiger partial charge in [-0.1, -0.05) is 18.2 Å². The summed E-state index contributed by atoms with van der Waals surface area (Å²) in [5.74, 6) is 2.68. The van der Waals surface area contributed by atoms with E-state index in [4.69, 9.17) is 9.47 Å². The first-order chi connectivity index (χ1) is 14.2. The largest absolute Gasteiger partial charge is 0.497 e. The van der Waals surface area contributed by atoms with Gasteiger partial charge >= 0.3 is 0 Å². The van der Waals surface area contributed by atoms with Crippen molar-refractivity contribution in [3.63, 3.8) is 0 Å². The van der Waals surface area contributed by atoms with Crippen LogP contribution in [0.25, 0.3) is 0 Å². The fourth-order valence-corrected chi connectivity index (χ4v) is 5.63. The lowest BCUT2D eigenvalue weighted by Crippen LogP contribution is -2.43. The van der Waals surface area contributed by atoms with Crippen LogP contribution in [0.5, 0.6) is 11.5 Å². The summed E-state index contributed by atoms with van der Waals surface area (Å²) in [6, 6.07) is 14.5. The molecule has 1 unspecified atom stereocenters. The van der Waals surface area contributed by atoms with E-state index in [-0.39, 0.29) is 5.25 Å². The number of carbonyl (C=O) groups is 1. The average molecular weight is 412 g/mol. The molecule has 4 rings (SSSR count). The van der Waals surface area contributed by atoms with E-state index >= 15 is 0 Å². The number of aryl methyl sites for hydroxylation is 1. The number of piperidine rings is 1. The molecule has 0 N–H and O–H groups in total. The Kier molecular flexibility index (Phi) is 6.34. The lowest BCUT2D eigenvalue weighted by atomic mass is 9.90. The molecule has 0 bridgehead atoms. The minimum Gasteiger partial charge on any atom is -0.497 e. The normalized spacial score (nSPS) is 19.1. The van der Waals surface area contributed by atoms with Gasteiger partial charge in [-0.2, -0.15) is 0 Å². The molecular formula is C24H29NO3S. The maximum absolute atomic E-state index is 13.0. The molecular weight excluding hydrogens is 382 g/mol. The van der Waals surface area contributed by atoms with Gasteiger partial charge in [-0.05, 0) is 67.3 Å². The third-order valence-corrected chi connectivity index (χ3v) is 7.41. The first-order valence-electron chi connectivity index (χ1n) is 10.4. The molecule has 1 atom stereocenters. The fraction of sp³-hybridized carbons (Fsp3) is 0.458. The number of carbonyl (C=O) groups excluding carboxylic acids is 1. The van der Waals surface area contributed by atoms with E-state index in [2.05, 4.69) is 41.3 Å². The van der Waals surface area contributed by atoms with Gasteiger partial charge in [0.2, 0.25) is 5.91 Å². The maximum Gasteiger partial charge on any atom is 0.236 e. The summed E-state index contributed by atoms with van der Waals surface area (Å²) in [7, 11) is 3.37. The number of rotatable bonds is 6. The lowest BCUT2D eigenvalue weighted by molar-refractivity contribution is -0.131. The molecule has 154 valence electrons. The molecule has 2 aromatic rings. The predicted octanol–water partition coefficient (Wildman–Crippen LogP) is 4.59. The van der Waals surface area contributed by atoms with Crippen molar-refractivity contribution in [3.8, 4) is 11.5 Å². The summed E-state index contributed by atoms with van der Waals surface area (Å²) in [6.07, 6.45) is 5.22. The number of ether oxygens (including phenoxy) is 2. The van der Waals surface area contributed by atoms with Crippen LogP contribution in [0.1, 0.15) is 30.4 Å². The standard InChI is InChI=1S/C24H29NO3S/c1-27-20-13-18(14-21(16-20)28-2)8-7-17-9-11-25(12-10-17)24(26)23-15-19-5-3-4-6-22(19)29-23/h3-6,13-14,16-17,23H,7-12,15H2,1-2H3. The van der Waals surface area contributed by atoms with Crippen molar-refractivity contribution in [2.24, 2.45) is 5.92 Å². The highest BCUT2D eigenvalue weighted by molar-refractivity contribution is 8.01. The van der Waals surface area contributed by atoms with Crippen molar-refractivity contribution in [1.82, 2.24) is 4.90 Å². The molecule has 1 amide bonds. The zero-order valence-corrected chi connectivity index (χ0v) is 18.0. The number of hydrogen-bond acceptors (Lipinski definition) is 4. The molecule has 0 aliphatic carbocycles. The van der Waals surface area contributed by atoms with E-state index in [0.29, 0.717) is 11.8 Å².